The molecule has 290 valence electrons. The van der Waals surface area contributed by atoms with E-state index in [9.17, 15) is 24.3 Å². The third-order valence-corrected chi connectivity index (χ3v) is 17.5. The van der Waals surface area contributed by atoms with Gasteiger partial charge >= 0.3 is 11.9 Å². The highest BCUT2D eigenvalue weighted by atomic mass is 16.5. The second-order valence-electron chi connectivity index (χ2n) is 21.1. The molecule has 7 aliphatic rings. The van der Waals surface area contributed by atoms with Crippen molar-refractivity contribution < 1.29 is 33.8 Å². The first kappa shape index (κ1) is 38.0. The molecule has 1 heterocycles. The third-order valence-electron chi connectivity index (χ3n) is 17.5. The van der Waals surface area contributed by atoms with E-state index in [1.807, 2.05) is 13.8 Å². The Bertz CT molecular complexity index is 1580. The lowest BCUT2D eigenvalue weighted by molar-refractivity contribution is -0.236. The Morgan fingerprint density at radius 1 is 0.885 bits per heavy atom. The molecule has 0 aromatic heterocycles. The molecule has 1 saturated heterocycles. The monoisotopic (exact) mass is 722 g/mol. The fraction of sp³-hybridized carbons (Fsp3) is 0.860. The smallest absolute Gasteiger partial charge is 0.309 e. The van der Waals surface area contributed by atoms with Gasteiger partial charge in [0.25, 0.3) is 0 Å². The van der Waals surface area contributed by atoms with Gasteiger partial charge in [0.15, 0.2) is 5.78 Å². The highest BCUT2D eigenvalue weighted by Crippen LogP contribution is 2.77. The number of carbonyl (C=O) groups is 4. The van der Waals surface area contributed by atoms with Crippen molar-refractivity contribution in [1.82, 2.24) is 5.32 Å². The summed E-state index contributed by atoms with van der Waals surface area (Å²) in [6.07, 6.45) is 8.92. The molecule has 0 aromatic rings. The van der Waals surface area contributed by atoms with Gasteiger partial charge in [0.2, 0.25) is 5.91 Å². The van der Waals surface area contributed by atoms with Crippen LogP contribution in [0.15, 0.2) is 11.1 Å². The van der Waals surface area contributed by atoms with E-state index in [2.05, 4.69) is 53.8 Å². The molecule has 4 N–H and O–H groups in total. The number of carboxylic acid groups (broad SMARTS) is 1. The van der Waals surface area contributed by atoms with Gasteiger partial charge in [0, 0.05) is 30.2 Å². The molecule has 1 aliphatic heterocycles. The first-order valence-corrected chi connectivity index (χ1v) is 20.4. The molecule has 6 fully saturated rings. The largest absolute Gasteiger partial charge is 0.481 e. The van der Waals surface area contributed by atoms with Crippen LogP contribution in [0.1, 0.15) is 133 Å². The minimum absolute atomic E-state index is 0.00149. The van der Waals surface area contributed by atoms with E-state index in [1.54, 1.807) is 0 Å². The number of hydrogen-bond donors (Lipinski definition) is 3. The molecule has 5 saturated carbocycles. The summed E-state index contributed by atoms with van der Waals surface area (Å²) in [6.45, 7) is 21.6. The zero-order valence-electron chi connectivity index (χ0n) is 33.4. The van der Waals surface area contributed by atoms with Crippen LogP contribution in [-0.4, -0.2) is 60.1 Å². The standard InChI is InChI=1S/C43H66N2O7/c1-24(2)33-28(46)19-42(20-32(47)45-21-43(44)22-51-23-43)17-16-40(8)25(34(33)42)10-11-30-39(7)14-13-31(38(5,6)29(39)12-15-41(30,40)9)52-36(50)27-18-26(35(48)49)37(27,3)4/h24-27,29-31H,10-23,44H2,1-9H3,(H,45,47)(H,48,49)/t25-,26+,27-,29+,30-,31+,39+,40-,41-,42+/m1/s1. The number of esters is 1. The molecule has 1 amide bonds. The van der Waals surface area contributed by atoms with Crippen LogP contribution in [-0.2, 0) is 28.7 Å². The Morgan fingerprint density at radius 3 is 2.17 bits per heavy atom. The zero-order chi connectivity index (χ0) is 38.0. The van der Waals surface area contributed by atoms with Gasteiger partial charge < -0.3 is 25.6 Å². The number of carbonyl (C=O) groups excluding carboxylic acids is 3. The van der Waals surface area contributed by atoms with Gasteiger partial charge in [0.1, 0.15) is 6.10 Å². The zero-order valence-corrected chi connectivity index (χ0v) is 33.4. The van der Waals surface area contributed by atoms with Gasteiger partial charge in [-0.1, -0.05) is 67.9 Å². The summed E-state index contributed by atoms with van der Waals surface area (Å²) in [5.74, 6) is -0.436. The topological polar surface area (TPSA) is 145 Å². The summed E-state index contributed by atoms with van der Waals surface area (Å²) in [5, 5.41) is 12.8. The highest BCUT2D eigenvalue weighted by molar-refractivity contribution is 6.01. The molecule has 52 heavy (non-hydrogen) atoms. The molecule has 0 radical (unpaired) electrons. The lowest BCUT2D eigenvalue weighted by atomic mass is 9.33. The Morgan fingerprint density at radius 2 is 1.58 bits per heavy atom. The summed E-state index contributed by atoms with van der Waals surface area (Å²) in [4.78, 5) is 52.9. The number of carboxylic acids is 1. The Kier molecular flexibility index (Phi) is 8.86. The highest BCUT2D eigenvalue weighted by Gasteiger charge is 2.70. The Labute approximate surface area is 311 Å². The van der Waals surface area contributed by atoms with Crippen molar-refractivity contribution in [3.8, 4) is 0 Å². The number of rotatable bonds is 8. The Hall–Kier alpha value is -2.26. The normalized spacial score (nSPS) is 43.9. The predicted octanol–water partition coefficient (Wildman–Crippen LogP) is 6.86. The number of ketones is 1. The van der Waals surface area contributed by atoms with E-state index < -0.39 is 28.3 Å². The van der Waals surface area contributed by atoms with E-state index in [-0.39, 0.29) is 63.2 Å². The molecular formula is C43H66N2O7. The van der Waals surface area contributed by atoms with E-state index in [1.165, 1.54) is 5.57 Å². The van der Waals surface area contributed by atoms with Crippen LogP contribution in [0.2, 0.25) is 0 Å². The Balaban J connectivity index is 1.13. The van der Waals surface area contributed by atoms with Crippen LogP contribution >= 0.6 is 0 Å². The number of nitrogens with one attached hydrogen (secondary N) is 1. The molecule has 6 aliphatic carbocycles. The quantitative estimate of drug-likeness (QED) is 0.231. The van der Waals surface area contributed by atoms with Gasteiger partial charge in [-0.15, -0.1) is 0 Å². The average molecular weight is 723 g/mol. The van der Waals surface area contributed by atoms with E-state index in [4.69, 9.17) is 15.2 Å². The fourth-order valence-electron chi connectivity index (χ4n) is 14.2. The lowest BCUT2D eigenvalue weighted by Crippen LogP contribution is -2.66. The molecule has 0 aromatic carbocycles. The minimum Gasteiger partial charge on any atom is -0.481 e. The molecule has 10 atom stereocenters. The van der Waals surface area contributed by atoms with Crippen LogP contribution in [0.3, 0.4) is 0 Å². The van der Waals surface area contributed by atoms with Gasteiger partial charge in [-0.05, 0) is 109 Å². The minimum atomic E-state index is -0.831. The van der Waals surface area contributed by atoms with E-state index in [0.717, 1.165) is 56.9 Å². The molecule has 9 heteroatoms. The number of allylic oxidation sites excluding steroid dienone is 2. The SMILES string of the molecule is CC(C)C1=C2[C@H]3CC[C@@H]4[C@@]5(C)CC[C@H](OC(=O)[C@H]6C[C@@H](C(=O)O)C6(C)C)C(C)(C)[C@@H]5CC[C@@]4(C)[C@]3(C)CC[C@@]2(CC(=O)NCC2(N)COC2)CC1=O. The first-order chi connectivity index (χ1) is 24.1. The van der Waals surface area contributed by atoms with Crippen LogP contribution < -0.4 is 11.1 Å². The lowest BCUT2D eigenvalue weighted by Gasteiger charge is -2.72. The summed E-state index contributed by atoms with van der Waals surface area (Å²) in [5.41, 5.74) is 7.08. The number of aliphatic carboxylic acids is 1. The van der Waals surface area contributed by atoms with Crippen LogP contribution in [0.5, 0.6) is 0 Å². The summed E-state index contributed by atoms with van der Waals surface area (Å²) < 4.78 is 11.7. The molecular weight excluding hydrogens is 656 g/mol. The molecule has 0 bridgehead atoms. The maximum Gasteiger partial charge on any atom is 0.309 e. The van der Waals surface area contributed by atoms with Crippen molar-refractivity contribution in [3.63, 3.8) is 0 Å². The van der Waals surface area contributed by atoms with E-state index in [0.29, 0.717) is 50.9 Å². The number of ether oxygens (including phenoxy) is 2. The maximum absolute atomic E-state index is 14.0. The van der Waals surface area contributed by atoms with E-state index >= 15 is 0 Å². The van der Waals surface area contributed by atoms with Crippen molar-refractivity contribution in [2.45, 2.75) is 145 Å². The summed E-state index contributed by atoms with van der Waals surface area (Å²) >= 11 is 0. The van der Waals surface area contributed by atoms with Crippen LogP contribution in [0, 0.1) is 68.0 Å². The maximum atomic E-state index is 14.0. The van der Waals surface area contributed by atoms with Gasteiger partial charge in [-0.2, -0.15) is 0 Å². The van der Waals surface area contributed by atoms with Gasteiger partial charge in [0.05, 0.1) is 30.6 Å². The predicted molar refractivity (Wildman–Crippen MR) is 198 cm³/mol. The molecule has 9 nitrogen and oxygen atoms in total. The molecule has 0 spiro atoms. The second kappa shape index (κ2) is 12.1. The van der Waals surface area contributed by atoms with Crippen LogP contribution in [0.4, 0.5) is 0 Å². The fourth-order valence-corrected chi connectivity index (χ4v) is 14.2. The second-order valence-corrected chi connectivity index (χ2v) is 21.1. The average Bonchev–Trinajstić information content (AvgIpc) is 3.31. The van der Waals surface area contributed by atoms with Crippen molar-refractivity contribution in [3.05, 3.63) is 11.1 Å². The summed E-state index contributed by atoms with van der Waals surface area (Å²) in [6, 6.07) is 0. The van der Waals surface area contributed by atoms with Crippen molar-refractivity contribution >= 4 is 23.6 Å². The number of hydrogen-bond acceptors (Lipinski definition) is 7. The number of amides is 1. The third kappa shape index (κ3) is 5.27. The van der Waals surface area contributed by atoms with Crippen molar-refractivity contribution in [1.29, 1.82) is 0 Å². The number of nitrogens with two attached hydrogens (primary N) is 1. The first-order valence-electron chi connectivity index (χ1n) is 20.4. The molecule has 0 unspecified atom stereocenters. The van der Waals surface area contributed by atoms with Gasteiger partial charge in [-0.3, -0.25) is 19.2 Å². The van der Waals surface area contributed by atoms with Crippen molar-refractivity contribution in [2.24, 2.45) is 73.7 Å². The van der Waals surface area contributed by atoms with Crippen molar-refractivity contribution in [2.75, 3.05) is 19.8 Å². The summed E-state index contributed by atoms with van der Waals surface area (Å²) in [7, 11) is 0. The van der Waals surface area contributed by atoms with Crippen LogP contribution in [0.25, 0.3) is 0 Å². The molecule has 7 rings (SSSR count). The number of Topliss-reactive ketones (excluding diaryl/α,β-unsaturated/α-hetero) is 1. The number of fused-ring (bicyclic) bond motifs is 7. The van der Waals surface area contributed by atoms with Gasteiger partial charge in [-0.25, -0.2) is 0 Å².